The summed E-state index contributed by atoms with van der Waals surface area (Å²) in [5.74, 6) is 1.12. The van der Waals surface area contributed by atoms with E-state index in [9.17, 15) is 4.79 Å². The van der Waals surface area contributed by atoms with Crippen molar-refractivity contribution in [3.63, 3.8) is 0 Å². The Kier molecular flexibility index (Phi) is 6.14. The molecule has 2 aliphatic heterocycles. The zero-order valence-corrected chi connectivity index (χ0v) is 16.4. The highest BCUT2D eigenvalue weighted by atomic mass is 16.5. The van der Waals surface area contributed by atoms with Crippen molar-refractivity contribution in [3.8, 4) is 0 Å². The fourth-order valence-corrected chi connectivity index (χ4v) is 4.44. The first-order chi connectivity index (χ1) is 13.2. The van der Waals surface area contributed by atoms with E-state index in [1.165, 1.54) is 18.4 Å². The van der Waals surface area contributed by atoms with Crippen LogP contribution in [0.3, 0.4) is 0 Å². The number of likely N-dealkylation sites (tertiary alicyclic amines) is 1. The maximum Gasteiger partial charge on any atom is 0.222 e. The smallest absolute Gasteiger partial charge is 0.222 e. The number of rotatable bonds is 7. The SMILES string of the molecule is O=C(CCCc1ccccc1)N1CCC2(CC1)CC(OCC1CC1)CCO2. The summed E-state index contributed by atoms with van der Waals surface area (Å²) < 4.78 is 12.4. The molecular weight excluding hydrogens is 338 g/mol. The zero-order valence-electron chi connectivity index (χ0n) is 16.4. The predicted molar refractivity (Wildman–Crippen MR) is 106 cm³/mol. The number of benzene rings is 1. The van der Waals surface area contributed by atoms with E-state index >= 15 is 0 Å². The van der Waals surface area contributed by atoms with E-state index in [1.807, 2.05) is 11.0 Å². The van der Waals surface area contributed by atoms with Gasteiger partial charge < -0.3 is 14.4 Å². The second-order valence-electron chi connectivity index (χ2n) is 8.64. The number of ether oxygens (including phenoxy) is 2. The van der Waals surface area contributed by atoms with Crippen LogP contribution in [0.1, 0.15) is 56.9 Å². The third kappa shape index (κ3) is 5.32. The molecule has 1 atom stereocenters. The lowest BCUT2D eigenvalue weighted by molar-refractivity contribution is -0.162. The standard InChI is InChI=1S/C23H33NO3/c25-22(8-4-7-19-5-2-1-3-6-19)24-14-12-23(13-15-24)17-21(11-16-27-23)26-18-20-9-10-20/h1-3,5-6,20-21H,4,7-18H2. The van der Waals surface area contributed by atoms with Gasteiger partial charge in [-0.1, -0.05) is 30.3 Å². The Morgan fingerprint density at radius 1 is 1.15 bits per heavy atom. The van der Waals surface area contributed by atoms with Gasteiger partial charge >= 0.3 is 0 Å². The molecule has 3 fully saturated rings. The molecule has 1 aromatic rings. The number of hydrogen-bond donors (Lipinski definition) is 0. The second-order valence-corrected chi connectivity index (χ2v) is 8.64. The van der Waals surface area contributed by atoms with E-state index in [0.29, 0.717) is 18.4 Å². The molecule has 1 aliphatic carbocycles. The Morgan fingerprint density at radius 2 is 1.93 bits per heavy atom. The van der Waals surface area contributed by atoms with E-state index in [2.05, 4.69) is 24.3 Å². The molecule has 3 aliphatic rings. The number of piperidine rings is 1. The summed E-state index contributed by atoms with van der Waals surface area (Å²) in [5.41, 5.74) is 1.27. The van der Waals surface area contributed by atoms with E-state index in [0.717, 1.165) is 70.7 Å². The van der Waals surface area contributed by atoms with E-state index < -0.39 is 0 Å². The monoisotopic (exact) mass is 371 g/mol. The van der Waals surface area contributed by atoms with Crippen LogP contribution in [0.2, 0.25) is 0 Å². The molecule has 4 heteroatoms. The van der Waals surface area contributed by atoms with Crippen molar-refractivity contribution in [2.75, 3.05) is 26.3 Å². The van der Waals surface area contributed by atoms with Gasteiger partial charge in [0.2, 0.25) is 5.91 Å². The molecule has 4 rings (SSSR count). The number of carbonyl (C=O) groups is 1. The Labute approximate surface area is 163 Å². The van der Waals surface area contributed by atoms with Gasteiger partial charge in [0.15, 0.2) is 0 Å². The van der Waals surface area contributed by atoms with Gasteiger partial charge in [-0.3, -0.25) is 4.79 Å². The molecule has 1 unspecified atom stereocenters. The van der Waals surface area contributed by atoms with Gasteiger partial charge in [0.1, 0.15) is 0 Å². The van der Waals surface area contributed by atoms with Crippen LogP contribution >= 0.6 is 0 Å². The molecular formula is C23H33NO3. The van der Waals surface area contributed by atoms with Crippen LogP contribution in [0.5, 0.6) is 0 Å². The molecule has 0 radical (unpaired) electrons. The summed E-state index contributed by atoms with van der Waals surface area (Å²) in [5, 5.41) is 0. The number of amides is 1. The van der Waals surface area contributed by atoms with Crippen LogP contribution in [-0.4, -0.2) is 48.8 Å². The highest BCUT2D eigenvalue weighted by Crippen LogP contribution is 2.37. The van der Waals surface area contributed by atoms with Gasteiger partial charge in [0.05, 0.1) is 11.7 Å². The largest absolute Gasteiger partial charge is 0.378 e. The molecule has 0 N–H and O–H groups in total. The number of hydrogen-bond acceptors (Lipinski definition) is 3. The average Bonchev–Trinajstić information content (AvgIpc) is 3.52. The van der Waals surface area contributed by atoms with Crippen LogP contribution in [0.15, 0.2) is 30.3 Å². The number of nitrogens with zero attached hydrogens (tertiary/aromatic N) is 1. The lowest BCUT2D eigenvalue weighted by Crippen LogP contribution is -2.52. The number of carbonyl (C=O) groups excluding carboxylic acids is 1. The van der Waals surface area contributed by atoms with Crippen molar-refractivity contribution in [1.29, 1.82) is 0 Å². The molecule has 2 heterocycles. The summed E-state index contributed by atoms with van der Waals surface area (Å²) in [4.78, 5) is 14.6. The van der Waals surface area contributed by atoms with E-state index in [1.54, 1.807) is 0 Å². The topological polar surface area (TPSA) is 38.8 Å². The van der Waals surface area contributed by atoms with E-state index in [4.69, 9.17) is 9.47 Å². The Morgan fingerprint density at radius 3 is 2.67 bits per heavy atom. The van der Waals surface area contributed by atoms with Gasteiger partial charge in [-0.15, -0.1) is 0 Å². The summed E-state index contributed by atoms with van der Waals surface area (Å²) in [6.45, 7) is 3.41. The van der Waals surface area contributed by atoms with Gasteiger partial charge in [-0.05, 0) is 56.4 Å². The molecule has 0 bridgehead atoms. The molecule has 27 heavy (non-hydrogen) atoms. The molecule has 4 nitrogen and oxygen atoms in total. The Balaban J connectivity index is 1.19. The summed E-state index contributed by atoms with van der Waals surface area (Å²) in [7, 11) is 0. The quantitative estimate of drug-likeness (QED) is 0.728. The highest BCUT2D eigenvalue weighted by Gasteiger charge is 2.41. The third-order valence-corrected chi connectivity index (χ3v) is 6.44. The summed E-state index contributed by atoms with van der Waals surface area (Å²) in [6.07, 6.45) is 9.55. The lowest BCUT2D eigenvalue weighted by atomic mass is 9.83. The van der Waals surface area contributed by atoms with Crippen LogP contribution in [0, 0.1) is 5.92 Å². The number of aryl methyl sites for hydroxylation is 1. The Bertz CT molecular complexity index is 605. The molecule has 1 saturated carbocycles. The normalized spacial score (nSPS) is 24.9. The molecule has 1 aromatic carbocycles. The minimum absolute atomic E-state index is 0.0483. The highest BCUT2D eigenvalue weighted by molar-refractivity contribution is 5.76. The minimum atomic E-state index is -0.0483. The predicted octanol–water partition coefficient (Wildman–Crippen LogP) is 3.98. The zero-order chi connectivity index (χ0) is 18.5. The maximum absolute atomic E-state index is 12.6. The van der Waals surface area contributed by atoms with Gasteiger partial charge in [0.25, 0.3) is 0 Å². The minimum Gasteiger partial charge on any atom is -0.378 e. The fraction of sp³-hybridized carbons (Fsp3) is 0.696. The van der Waals surface area contributed by atoms with Crippen LogP contribution in [0.4, 0.5) is 0 Å². The first-order valence-corrected chi connectivity index (χ1v) is 10.8. The van der Waals surface area contributed by atoms with Crippen LogP contribution in [-0.2, 0) is 20.7 Å². The molecule has 0 aromatic heterocycles. The first kappa shape index (κ1) is 18.9. The van der Waals surface area contributed by atoms with Crippen molar-refractivity contribution in [2.24, 2.45) is 5.92 Å². The van der Waals surface area contributed by atoms with E-state index in [-0.39, 0.29) is 5.60 Å². The Hall–Kier alpha value is -1.39. The molecule has 2 saturated heterocycles. The van der Waals surface area contributed by atoms with Crippen molar-refractivity contribution in [2.45, 2.75) is 69.5 Å². The van der Waals surface area contributed by atoms with Crippen molar-refractivity contribution >= 4 is 5.91 Å². The average molecular weight is 372 g/mol. The lowest BCUT2D eigenvalue weighted by Gasteiger charge is -2.46. The van der Waals surface area contributed by atoms with Crippen molar-refractivity contribution in [1.82, 2.24) is 4.90 Å². The van der Waals surface area contributed by atoms with Gasteiger partial charge in [0, 0.05) is 39.1 Å². The van der Waals surface area contributed by atoms with Crippen molar-refractivity contribution in [3.05, 3.63) is 35.9 Å². The summed E-state index contributed by atoms with van der Waals surface area (Å²) in [6, 6.07) is 10.4. The first-order valence-electron chi connectivity index (χ1n) is 10.8. The van der Waals surface area contributed by atoms with Gasteiger partial charge in [-0.25, -0.2) is 0 Å². The maximum atomic E-state index is 12.6. The molecule has 1 amide bonds. The molecule has 1 spiro atoms. The van der Waals surface area contributed by atoms with Crippen LogP contribution in [0.25, 0.3) is 0 Å². The molecule has 148 valence electrons. The second kappa shape index (κ2) is 8.74. The summed E-state index contributed by atoms with van der Waals surface area (Å²) >= 11 is 0. The van der Waals surface area contributed by atoms with Crippen molar-refractivity contribution < 1.29 is 14.3 Å². The third-order valence-electron chi connectivity index (χ3n) is 6.44. The van der Waals surface area contributed by atoms with Crippen LogP contribution < -0.4 is 0 Å². The van der Waals surface area contributed by atoms with Gasteiger partial charge in [-0.2, -0.15) is 0 Å². The fourth-order valence-electron chi connectivity index (χ4n) is 4.44.